The topological polar surface area (TPSA) is 195 Å². The van der Waals surface area contributed by atoms with Crippen LogP contribution in [0.1, 0.15) is 20.3 Å². The predicted octanol–water partition coefficient (Wildman–Crippen LogP) is -1.24. The fourth-order valence-electron chi connectivity index (χ4n) is 0. The summed E-state index contributed by atoms with van der Waals surface area (Å²) in [4.78, 5) is 0. The quantitative estimate of drug-likeness (QED) is 0.250. The SMILES string of the molecule is CCC(C)(N)O.O=S(=O)(O)O.O=S(=O)(O)O. The molecule has 0 heterocycles. The van der Waals surface area contributed by atoms with E-state index in [9.17, 15) is 0 Å². The van der Waals surface area contributed by atoms with Crippen molar-refractivity contribution in [3.8, 4) is 0 Å². The average molecular weight is 285 g/mol. The largest absolute Gasteiger partial charge is 0.394 e. The lowest BCUT2D eigenvalue weighted by molar-refractivity contribution is 0.0632. The van der Waals surface area contributed by atoms with Crippen molar-refractivity contribution in [2.75, 3.05) is 0 Å². The number of hydrogen-bond donors (Lipinski definition) is 6. The molecule has 0 aromatic heterocycles. The van der Waals surface area contributed by atoms with Crippen molar-refractivity contribution in [3.05, 3.63) is 0 Å². The minimum atomic E-state index is -4.67. The standard InChI is InChI=1S/C4H11NO.2H2O4S/c1-3-4(2,5)6;2*1-5(2,3)4/h6H,3,5H2,1-2H3;2*(H2,1,2,3,4). The van der Waals surface area contributed by atoms with Crippen LogP contribution in [0.4, 0.5) is 0 Å². The molecule has 1 atom stereocenters. The maximum absolute atomic E-state index is 8.74. The number of hydrogen-bond acceptors (Lipinski definition) is 6. The van der Waals surface area contributed by atoms with Crippen molar-refractivity contribution in [1.29, 1.82) is 0 Å². The van der Waals surface area contributed by atoms with E-state index in [-0.39, 0.29) is 0 Å². The summed E-state index contributed by atoms with van der Waals surface area (Å²) in [6.45, 7) is 3.41. The third kappa shape index (κ3) is 309. The van der Waals surface area contributed by atoms with E-state index in [4.69, 9.17) is 45.9 Å². The molecule has 102 valence electrons. The van der Waals surface area contributed by atoms with Crippen LogP contribution >= 0.6 is 0 Å². The van der Waals surface area contributed by atoms with Crippen LogP contribution in [0, 0.1) is 0 Å². The first-order valence-electron chi connectivity index (χ1n) is 3.47. The van der Waals surface area contributed by atoms with Gasteiger partial charge in [0, 0.05) is 0 Å². The maximum atomic E-state index is 8.74. The molecule has 0 saturated heterocycles. The van der Waals surface area contributed by atoms with Gasteiger partial charge in [-0.25, -0.2) is 0 Å². The van der Waals surface area contributed by atoms with Gasteiger partial charge in [-0.2, -0.15) is 16.8 Å². The van der Waals surface area contributed by atoms with E-state index in [0.717, 1.165) is 0 Å². The fraction of sp³-hybridized carbons (Fsp3) is 1.00. The third-order valence-electron chi connectivity index (χ3n) is 0.716. The van der Waals surface area contributed by atoms with Crippen LogP contribution in [-0.2, 0) is 20.8 Å². The Morgan fingerprint density at radius 1 is 1.00 bits per heavy atom. The zero-order valence-corrected chi connectivity index (χ0v) is 10.1. The molecule has 0 aliphatic carbocycles. The second kappa shape index (κ2) is 7.86. The van der Waals surface area contributed by atoms with Crippen LogP contribution in [0.25, 0.3) is 0 Å². The van der Waals surface area contributed by atoms with E-state index < -0.39 is 26.5 Å². The van der Waals surface area contributed by atoms with Gasteiger partial charge in [0.15, 0.2) is 0 Å². The maximum Gasteiger partial charge on any atom is 0.394 e. The highest BCUT2D eigenvalue weighted by Crippen LogP contribution is 1.94. The average Bonchev–Trinajstić information content (AvgIpc) is 1.77. The summed E-state index contributed by atoms with van der Waals surface area (Å²) >= 11 is 0. The minimum Gasteiger partial charge on any atom is -0.376 e. The molecule has 0 rings (SSSR count). The van der Waals surface area contributed by atoms with Crippen molar-refractivity contribution in [3.63, 3.8) is 0 Å². The molecule has 7 N–H and O–H groups in total. The monoisotopic (exact) mass is 285 g/mol. The lowest BCUT2D eigenvalue weighted by Crippen LogP contribution is -2.34. The van der Waals surface area contributed by atoms with E-state index in [1.165, 1.54) is 0 Å². The molecule has 0 aromatic carbocycles. The number of rotatable bonds is 1. The Morgan fingerprint density at radius 2 is 1.06 bits per heavy atom. The first-order valence-corrected chi connectivity index (χ1v) is 6.26. The summed E-state index contributed by atoms with van der Waals surface area (Å²) in [7, 11) is -9.33. The first-order chi connectivity index (χ1) is 6.56. The fourth-order valence-corrected chi connectivity index (χ4v) is 0. The van der Waals surface area contributed by atoms with Gasteiger partial charge in [-0.05, 0) is 13.3 Å². The molecule has 0 aliphatic heterocycles. The lowest BCUT2D eigenvalue weighted by atomic mass is 10.2. The second-order valence-electron chi connectivity index (χ2n) is 2.61. The Morgan fingerprint density at radius 3 is 1.06 bits per heavy atom. The van der Waals surface area contributed by atoms with Crippen molar-refractivity contribution >= 4 is 20.8 Å². The predicted molar refractivity (Wildman–Crippen MR) is 53.5 cm³/mol. The molecule has 0 aliphatic rings. The van der Waals surface area contributed by atoms with Crippen LogP contribution in [-0.4, -0.2) is 45.9 Å². The molecular formula is C4H15NO9S2. The van der Waals surface area contributed by atoms with Gasteiger partial charge in [0.1, 0.15) is 5.72 Å². The Kier molecular flexibility index (Phi) is 10.3. The summed E-state index contributed by atoms with van der Waals surface area (Å²) in [6.07, 6.45) is 0.604. The Bertz CT molecular complexity index is 303. The molecule has 0 fully saturated rings. The van der Waals surface area contributed by atoms with Gasteiger partial charge in [0.2, 0.25) is 0 Å². The molecular weight excluding hydrogens is 270 g/mol. The Labute approximate surface area is 93.2 Å². The van der Waals surface area contributed by atoms with Gasteiger partial charge in [0.25, 0.3) is 0 Å². The van der Waals surface area contributed by atoms with E-state index >= 15 is 0 Å². The third-order valence-corrected chi connectivity index (χ3v) is 0.716. The van der Waals surface area contributed by atoms with Crippen molar-refractivity contribution < 1.29 is 40.2 Å². The summed E-state index contributed by atoms with van der Waals surface area (Å²) in [5.74, 6) is 0. The van der Waals surface area contributed by atoms with Crippen LogP contribution in [0.15, 0.2) is 0 Å². The van der Waals surface area contributed by atoms with Gasteiger partial charge in [-0.15, -0.1) is 0 Å². The van der Waals surface area contributed by atoms with Gasteiger partial charge >= 0.3 is 20.8 Å². The molecule has 0 radical (unpaired) electrons. The molecule has 0 spiro atoms. The molecule has 0 saturated carbocycles. The van der Waals surface area contributed by atoms with Crippen molar-refractivity contribution in [1.82, 2.24) is 0 Å². The van der Waals surface area contributed by atoms with Crippen LogP contribution in [0.5, 0.6) is 0 Å². The molecule has 1 unspecified atom stereocenters. The Balaban J connectivity index is -0.000000160. The highest BCUT2D eigenvalue weighted by molar-refractivity contribution is 7.80. The van der Waals surface area contributed by atoms with Crippen LogP contribution < -0.4 is 5.73 Å². The summed E-state index contributed by atoms with van der Waals surface area (Å²) in [5, 5.41) is 8.60. The van der Waals surface area contributed by atoms with E-state index in [1.54, 1.807) is 6.92 Å². The molecule has 16 heavy (non-hydrogen) atoms. The number of aliphatic hydroxyl groups is 1. The van der Waals surface area contributed by atoms with Crippen molar-refractivity contribution in [2.24, 2.45) is 5.73 Å². The molecule has 10 nitrogen and oxygen atoms in total. The first kappa shape index (κ1) is 21.0. The van der Waals surface area contributed by atoms with Crippen LogP contribution in [0.2, 0.25) is 0 Å². The Hall–Kier alpha value is -0.340. The summed E-state index contributed by atoms with van der Waals surface area (Å²) in [6, 6.07) is 0. The van der Waals surface area contributed by atoms with E-state index in [2.05, 4.69) is 0 Å². The number of nitrogens with two attached hydrogens (primary N) is 1. The normalized spacial score (nSPS) is 14.8. The zero-order valence-electron chi connectivity index (χ0n) is 8.47. The van der Waals surface area contributed by atoms with Gasteiger partial charge < -0.3 is 10.8 Å². The van der Waals surface area contributed by atoms with Crippen molar-refractivity contribution in [2.45, 2.75) is 26.0 Å². The van der Waals surface area contributed by atoms with Gasteiger partial charge in [-0.3, -0.25) is 18.2 Å². The smallest absolute Gasteiger partial charge is 0.376 e. The van der Waals surface area contributed by atoms with E-state index in [1.807, 2.05) is 6.92 Å². The summed E-state index contributed by atoms with van der Waals surface area (Å²) < 4.78 is 63.2. The van der Waals surface area contributed by atoms with Gasteiger partial charge in [0.05, 0.1) is 0 Å². The highest BCUT2D eigenvalue weighted by Gasteiger charge is 2.06. The van der Waals surface area contributed by atoms with E-state index in [0.29, 0.717) is 6.42 Å². The molecule has 0 amide bonds. The van der Waals surface area contributed by atoms with Gasteiger partial charge in [-0.1, -0.05) is 6.92 Å². The zero-order chi connectivity index (χ0) is 14.2. The molecule has 0 aromatic rings. The van der Waals surface area contributed by atoms with Crippen LogP contribution in [0.3, 0.4) is 0 Å². The molecule has 12 heteroatoms. The molecule has 0 bridgehead atoms. The summed E-state index contributed by atoms with van der Waals surface area (Å²) in [5.41, 5.74) is 4.13. The second-order valence-corrected chi connectivity index (χ2v) is 4.40. The lowest BCUT2D eigenvalue weighted by Gasteiger charge is -2.11. The highest BCUT2D eigenvalue weighted by atomic mass is 32.3. The minimum absolute atomic E-state index is 0.604.